The predicted molar refractivity (Wildman–Crippen MR) is 82.6 cm³/mol. The summed E-state index contributed by atoms with van der Waals surface area (Å²) in [5, 5.41) is 19.1. The minimum Gasteiger partial charge on any atom is -0.399 e. The van der Waals surface area contributed by atoms with Crippen molar-refractivity contribution in [1.29, 1.82) is 0 Å². The van der Waals surface area contributed by atoms with Crippen LogP contribution in [0.1, 0.15) is 5.56 Å². The number of hydrogen-bond donors (Lipinski definition) is 1. The molecular formula is C15H13N5O2. The Labute approximate surface area is 126 Å². The lowest BCUT2D eigenvalue weighted by Crippen LogP contribution is -1.95. The molecule has 0 spiro atoms. The molecule has 3 rings (SSSR count). The molecule has 0 bridgehead atoms. The van der Waals surface area contributed by atoms with Crippen molar-refractivity contribution in [2.75, 3.05) is 5.73 Å². The molecule has 22 heavy (non-hydrogen) atoms. The van der Waals surface area contributed by atoms with Crippen LogP contribution in [0, 0.1) is 17.0 Å². The van der Waals surface area contributed by atoms with E-state index in [9.17, 15) is 10.1 Å². The first-order valence-electron chi connectivity index (χ1n) is 6.58. The van der Waals surface area contributed by atoms with Gasteiger partial charge in [-0.25, -0.2) is 4.68 Å². The predicted octanol–water partition coefficient (Wildman–Crippen LogP) is 2.73. The maximum atomic E-state index is 11.0. The third kappa shape index (κ3) is 2.51. The number of nitrogen functional groups attached to an aromatic ring is 1. The van der Waals surface area contributed by atoms with Gasteiger partial charge in [-0.3, -0.25) is 10.1 Å². The number of rotatable bonds is 3. The zero-order valence-electron chi connectivity index (χ0n) is 11.8. The first kappa shape index (κ1) is 13.7. The molecule has 3 aromatic rings. The summed E-state index contributed by atoms with van der Waals surface area (Å²) in [7, 11) is 0. The van der Waals surface area contributed by atoms with Crippen molar-refractivity contribution in [2.24, 2.45) is 0 Å². The van der Waals surface area contributed by atoms with Crippen molar-refractivity contribution >= 4 is 11.4 Å². The number of anilines is 1. The Hall–Kier alpha value is -3.22. The van der Waals surface area contributed by atoms with Crippen LogP contribution < -0.4 is 5.73 Å². The van der Waals surface area contributed by atoms with Gasteiger partial charge in [-0.05, 0) is 31.2 Å². The van der Waals surface area contributed by atoms with Gasteiger partial charge >= 0.3 is 0 Å². The molecule has 0 atom stereocenters. The highest BCUT2D eigenvalue weighted by Gasteiger charge is 2.13. The summed E-state index contributed by atoms with van der Waals surface area (Å²) in [6.07, 6.45) is 1.72. The van der Waals surface area contributed by atoms with E-state index < -0.39 is 4.92 Å². The molecule has 0 unspecified atom stereocenters. The third-order valence-electron chi connectivity index (χ3n) is 3.35. The zero-order valence-corrected chi connectivity index (χ0v) is 11.8. The van der Waals surface area contributed by atoms with Crippen molar-refractivity contribution in [3.63, 3.8) is 0 Å². The highest BCUT2D eigenvalue weighted by Crippen LogP contribution is 2.25. The summed E-state index contributed by atoms with van der Waals surface area (Å²) in [6, 6.07) is 12.2. The highest BCUT2D eigenvalue weighted by atomic mass is 16.6. The number of hydrogen-bond acceptors (Lipinski definition) is 5. The van der Waals surface area contributed by atoms with Crippen molar-refractivity contribution in [2.45, 2.75) is 6.92 Å². The maximum Gasteiger partial charge on any atom is 0.272 e. The van der Waals surface area contributed by atoms with Crippen LogP contribution in [0.25, 0.3) is 16.9 Å². The molecule has 0 saturated heterocycles. The highest BCUT2D eigenvalue weighted by molar-refractivity contribution is 5.63. The van der Waals surface area contributed by atoms with Crippen molar-refractivity contribution in [3.8, 4) is 16.9 Å². The number of nitrogens with two attached hydrogens (primary N) is 1. The third-order valence-corrected chi connectivity index (χ3v) is 3.35. The number of nitrogens with zero attached hydrogens (tertiary/aromatic N) is 4. The van der Waals surface area contributed by atoms with Gasteiger partial charge in [0.25, 0.3) is 5.69 Å². The molecule has 1 heterocycles. The van der Waals surface area contributed by atoms with E-state index in [0.29, 0.717) is 22.5 Å². The molecule has 2 N–H and O–H groups in total. The van der Waals surface area contributed by atoms with Crippen molar-refractivity contribution < 1.29 is 4.92 Å². The van der Waals surface area contributed by atoms with Gasteiger partial charge in [0, 0.05) is 22.9 Å². The molecule has 7 nitrogen and oxygen atoms in total. The Morgan fingerprint density at radius 1 is 1.18 bits per heavy atom. The fraction of sp³-hybridized carbons (Fsp3) is 0.0667. The van der Waals surface area contributed by atoms with Gasteiger partial charge in [-0.2, -0.15) is 0 Å². The van der Waals surface area contributed by atoms with E-state index in [1.165, 1.54) is 6.07 Å². The van der Waals surface area contributed by atoms with E-state index >= 15 is 0 Å². The Kier molecular flexibility index (Phi) is 3.30. The molecular weight excluding hydrogens is 282 g/mol. The molecule has 0 radical (unpaired) electrons. The molecule has 110 valence electrons. The molecule has 0 amide bonds. The van der Waals surface area contributed by atoms with Crippen LogP contribution in [0.4, 0.5) is 11.4 Å². The molecule has 1 aromatic heterocycles. The Bertz CT molecular complexity index is 839. The van der Waals surface area contributed by atoms with Gasteiger partial charge < -0.3 is 5.73 Å². The standard InChI is InChI=1S/C15H13N5O2/c1-10-2-3-11(8-15(10)20(21)22)14-9-19(18-17-14)13-6-4-12(16)5-7-13/h2-9H,16H2,1H3. The lowest BCUT2D eigenvalue weighted by atomic mass is 10.1. The maximum absolute atomic E-state index is 11.0. The minimum atomic E-state index is -0.400. The lowest BCUT2D eigenvalue weighted by molar-refractivity contribution is -0.385. The van der Waals surface area contributed by atoms with Gasteiger partial charge in [-0.15, -0.1) is 5.10 Å². The number of benzene rings is 2. The average Bonchev–Trinajstić information content (AvgIpc) is 2.98. The smallest absolute Gasteiger partial charge is 0.272 e. The fourth-order valence-corrected chi connectivity index (χ4v) is 2.11. The SMILES string of the molecule is Cc1ccc(-c2cn(-c3ccc(N)cc3)nn2)cc1[N+](=O)[O-]. The van der Waals surface area contributed by atoms with Crippen LogP contribution in [0.2, 0.25) is 0 Å². The first-order valence-corrected chi connectivity index (χ1v) is 6.58. The summed E-state index contributed by atoms with van der Waals surface area (Å²) >= 11 is 0. The summed E-state index contributed by atoms with van der Waals surface area (Å²) in [4.78, 5) is 10.6. The van der Waals surface area contributed by atoms with E-state index in [4.69, 9.17) is 5.73 Å². The molecule has 7 heteroatoms. The molecule has 0 aliphatic carbocycles. The van der Waals surface area contributed by atoms with Crippen LogP contribution in [0.3, 0.4) is 0 Å². The van der Waals surface area contributed by atoms with Crippen LogP contribution >= 0.6 is 0 Å². The van der Waals surface area contributed by atoms with Gasteiger partial charge in [0.1, 0.15) is 5.69 Å². The number of nitro benzene ring substituents is 1. The van der Waals surface area contributed by atoms with E-state index in [0.717, 1.165) is 5.69 Å². The van der Waals surface area contributed by atoms with Crippen LogP contribution in [-0.4, -0.2) is 19.9 Å². The van der Waals surface area contributed by atoms with Gasteiger partial charge in [0.05, 0.1) is 16.8 Å². The fourth-order valence-electron chi connectivity index (χ4n) is 2.11. The van der Waals surface area contributed by atoms with Crippen molar-refractivity contribution in [1.82, 2.24) is 15.0 Å². The summed E-state index contributed by atoms with van der Waals surface area (Å²) in [5.41, 5.74) is 9.03. The van der Waals surface area contributed by atoms with Gasteiger partial charge in [-0.1, -0.05) is 17.3 Å². The molecule has 2 aromatic carbocycles. The molecule has 0 aliphatic rings. The largest absolute Gasteiger partial charge is 0.399 e. The molecule has 0 saturated carbocycles. The number of nitro groups is 1. The van der Waals surface area contributed by atoms with E-state index in [1.54, 1.807) is 42.1 Å². The second-order valence-electron chi connectivity index (χ2n) is 4.90. The quantitative estimate of drug-likeness (QED) is 0.455. The normalized spacial score (nSPS) is 10.6. The van der Waals surface area contributed by atoms with Crippen LogP contribution in [0.5, 0.6) is 0 Å². The zero-order chi connectivity index (χ0) is 15.7. The Morgan fingerprint density at radius 2 is 1.91 bits per heavy atom. The molecule has 0 fully saturated rings. The summed E-state index contributed by atoms with van der Waals surface area (Å²) in [5.74, 6) is 0. The Morgan fingerprint density at radius 3 is 2.59 bits per heavy atom. The number of aromatic nitrogens is 3. The van der Waals surface area contributed by atoms with Crippen LogP contribution in [0.15, 0.2) is 48.7 Å². The summed E-state index contributed by atoms with van der Waals surface area (Å²) in [6.45, 7) is 1.70. The number of aryl methyl sites for hydroxylation is 1. The summed E-state index contributed by atoms with van der Waals surface area (Å²) < 4.78 is 1.60. The molecule has 0 aliphatic heterocycles. The second kappa shape index (κ2) is 5.28. The minimum absolute atomic E-state index is 0.0690. The first-order chi connectivity index (χ1) is 10.5. The lowest BCUT2D eigenvalue weighted by Gasteiger charge is -2.00. The average molecular weight is 295 g/mol. The van der Waals surface area contributed by atoms with E-state index in [1.807, 2.05) is 12.1 Å². The van der Waals surface area contributed by atoms with Gasteiger partial charge in [0.2, 0.25) is 0 Å². The van der Waals surface area contributed by atoms with E-state index in [-0.39, 0.29) is 5.69 Å². The van der Waals surface area contributed by atoms with Crippen LogP contribution in [-0.2, 0) is 0 Å². The Balaban J connectivity index is 1.99. The van der Waals surface area contributed by atoms with Gasteiger partial charge in [0.15, 0.2) is 0 Å². The van der Waals surface area contributed by atoms with E-state index in [2.05, 4.69) is 10.3 Å². The second-order valence-corrected chi connectivity index (χ2v) is 4.90. The topological polar surface area (TPSA) is 99.9 Å². The van der Waals surface area contributed by atoms with Crippen molar-refractivity contribution in [3.05, 3.63) is 64.3 Å². The monoisotopic (exact) mass is 295 g/mol.